The van der Waals surface area contributed by atoms with E-state index in [1.165, 1.54) is 37.3 Å². The normalized spacial score (nSPS) is 11.9. The molecule has 0 saturated heterocycles. The zero-order valence-electron chi connectivity index (χ0n) is 33.8. The number of carboxylic acid groups (broad SMARTS) is 1. The van der Waals surface area contributed by atoms with Gasteiger partial charge < -0.3 is 31.3 Å². The Hall–Kier alpha value is -8.74. The van der Waals surface area contributed by atoms with Gasteiger partial charge in [-0.2, -0.15) is 27.1 Å². The lowest BCUT2D eigenvalue weighted by molar-refractivity contribution is -0.384. The SMILES string of the molecule is Cc1cc(N=Nc2cc(S(=O)(=O)O)c3cc(S(=O)(=O)O)c(N=Nc4ccc(NC(=O)CCOC=O)cc4[N+](=O)[O-])c(O)c3c2N)ccc1N=Nc1ccc(NC(=O)CCC(=O)O)cc1[N+](=O)[O-]. The summed E-state index contributed by atoms with van der Waals surface area (Å²) in [7, 11) is -10.8. The zero-order chi connectivity index (χ0) is 49.4. The molecular formula is C37H31N11O17S2. The van der Waals surface area contributed by atoms with Gasteiger partial charge in [-0.15, -0.1) is 20.5 Å². The minimum Gasteiger partial charge on any atom is -0.505 e. The molecule has 67 heavy (non-hydrogen) atoms. The summed E-state index contributed by atoms with van der Waals surface area (Å²) >= 11 is 0. The second kappa shape index (κ2) is 20.4. The number of nitro benzene ring substituents is 2. The number of hydrogen-bond donors (Lipinski definition) is 7. The van der Waals surface area contributed by atoms with Gasteiger partial charge in [-0.3, -0.25) is 48.5 Å². The molecule has 0 saturated carbocycles. The van der Waals surface area contributed by atoms with Crippen molar-refractivity contribution >= 4 is 118 Å². The summed E-state index contributed by atoms with van der Waals surface area (Å²) in [5.74, 6) is -3.86. The highest BCUT2D eigenvalue weighted by molar-refractivity contribution is 7.86. The van der Waals surface area contributed by atoms with Crippen LogP contribution in [0, 0.1) is 27.2 Å². The first-order valence-electron chi connectivity index (χ1n) is 18.3. The van der Waals surface area contributed by atoms with Crippen LogP contribution in [0.3, 0.4) is 0 Å². The van der Waals surface area contributed by atoms with Crippen LogP contribution in [0.5, 0.6) is 5.75 Å². The number of aliphatic carboxylic acids is 1. The lowest BCUT2D eigenvalue weighted by Gasteiger charge is -2.14. The number of nitrogens with one attached hydrogen (secondary N) is 2. The topological polar surface area (TPSA) is 437 Å². The summed E-state index contributed by atoms with van der Waals surface area (Å²) in [5, 5.41) is 70.2. The summed E-state index contributed by atoms with van der Waals surface area (Å²) in [4.78, 5) is 64.7. The Morgan fingerprint density at radius 1 is 0.716 bits per heavy atom. The number of nitrogens with zero attached hydrogens (tertiary/aromatic N) is 8. The van der Waals surface area contributed by atoms with Crippen molar-refractivity contribution in [3.8, 4) is 5.75 Å². The largest absolute Gasteiger partial charge is 0.505 e. The third kappa shape index (κ3) is 12.3. The number of amides is 2. The summed E-state index contributed by atoms with van der Waals surface area (Å²) in [6, 6.07) is 11.7. The average molecular weight is 966 g/mol. The zero-order valence-corrected chi connectivity index (χ0v) is 35.5. The Balaban J connectivity index is 1.51. The molecule has 5 aromatic rings. The van der Waals surface area contributed by atoms with Crippen molar-refractivity contribution in [2.75, 3.05) is 23.0 Å². The number of phenols is 1. The molecule has 0 fully saturated rings. The molecular weight excluding hydrogens is 935 g/mol. The van der Waals surface area contributed by atoms with Crippen molar-refractivity contribution in [3.63, 3.8) is 0 Å². The smallest absolute Gasteiger partial charge is 0.303 e. The van der Waals surface area contributed by atoms with Crippen LogP contribution in [0.15, 0.2) is 107 Å². The number of fused-ring (bicyclic) bond motifs is 1. The average Bonchev–Trinajstić information content (AvgIpc) is 3.24. The quantitative estimate of drug-likeness (QED) is 0.00811. The number of aromatic hydroxyl groups is 1. The van der Waals surface area contributed by atoms with Crippen LogP contribution >= 0.6 is 0 Å². The fourth-order valence-corrected chi connectivity index (χ4v) is 7.11. The number of hydrogen-bond acceptors (Lipinski definition) is 21. The van der Waals surface area contributed by atoms with Gasteiger partial charge in [0.15, 0.2) is 17.1 Å². The van der Waals surface area contributed by atoms with Crippen LogP contribution in [0.4, 0.5) is 62.6 Å². The van der Waals surface area contributed by atoms with E-state index in [1.807, 2.05) is 0 Å². The molecule has 2 amide bonds. The first-order valence-corrected chi connectivity index (χ1v) is 21.2. The maximum atomic E-state index is 12.6. The minimum absolute atomic E-state index is 0.00447. The molecule has 0 aromatic heterocycles. The number of benzene rings is 5. The van der Waals surface area contributed by atoms with E-state index in [2.05, 4.69) is 46.1 Å². The molecule has 8 N–H and O–H groups in total. The summed E-state index contributed by atoms with van der Waals surface area (Å²) in [5.41, 5.74) is 2.36. The number of aryl methyl sites for hydroxylation is 1. The molecule has 5 rings (SSSR count). The molecule has 0 aliphatic carbocycles. The van der Waals surface area contributed by atoms with Gasteiger partial charge in [0.1, 0.15) is 21.2 Å². The van der Waals surface area contributed by atoms with Crippen molar-refractivity contribution in [1.29, 1.82) is 0 Å². The number of ether oxygens (including phenoxy) is 1. The third-order valence-corrected chi connectivity index (χ3v) is 10.6. The van der Waals surface area contributed by atoms with Gasteiger partial charge in [-0.25, -0.2) is 0 Å². The first kappa shape index (κ1) is 49.3. The number of nitrogen functional groups attached to an aromatic ring is 1. The Bertz CT molecular complexity index is 3220. The number of carboxylic acids is 1. The van der Waals surface area contributed by atoms with Crippen molar-refractivity contribution in [1.82, 2.24) is 0 Å². The van der Waals surface area contributed by atoms with E-state index in [0.29, 0.717) is 17.7 Å². The van der Waals surface area contributed by atoms with E-state index >= 15 is 0 Å². The fourth-order valence-electron chi connectivity index (χ4n) is 5.77. The highest BCUT2D eigenvalue weighted by atomic mass is 32.2. The number of carbonyl (C=O) groups is 4. The van der Waals surface area contributed by atoms with Crippen LogP contribution in [0.25, 0.3) is 10.8 Å². The van der Waals surface area contributed by atoms with Crippen LogP contribution in [0.1, 0.15) is 24.8 Å². The standard InChI is InChI=1S/C37H31N11O17S2/c1-18-12-21(4-5-23(18)42-43-24-6-2-19(13-27(24)47(55)56)39-31(50)8-9-33(52)53)41-45-26-16-29(66(59,60)61)22-15-30(67(62,63)64)36(37(54)34(22)35(26)38)46-44-25-7-3-20(14-28(25)48(57)58)40-32(51)10-11-65-17-49/h2-7,12-17,54H,8-11,38H2,1H3,(H,39,50)(H,40,51)(H,52,53)(H,59,60,61)(H,62,63,64). The van der Waals surface area contributed by atoms with Gasteiger partial charge >= 0.3 is 5.97 Å². The summed E-state index contributed by atoms with van der Waals surface area (Å²) < 4.78 is 75.1. The van der Waals surface area contributed by atoms with Gasteiger partial charge in [-0.1, -0.05) is 0 Å². The Labute approximate surface area is 374 Å². The number of nitro groups is 2. The molecule has 348 valence electrons. The van der Waals surface area contributed by atoms with Gasteiger partial charge in [-0.05, 0) is 67.1 Å². The second-order valence-electron chi connectivity index (χ2n) is 13.5. The van der Waals surface area contributed by atoms with Crippen LogP contribution < -0.4 is 16.4 Å². The van der Waals surface area contributed by atoms with E-state index in [9.17, 15) is 70.5 Å². The lowest BCUT2D eigenvalue weighted by atomic mass is 10.0. The molecule has 0 atom stereocenters. The van der Waals surface area contributed by atoms with Crippen LogP contribution in [-0.2, 0) is 44.2 Å². The van der Waals surface area contributed by atoms with Gasteiger partial charge in [0.25, 0.3) is 38.1 Å². The predicted molar refractivity (Wildman–Crippen MR) is 230 cm³/mol. The van der Waals surface area contributed by atoms with Gasteiger partial charge in [0.2, 0.25) is 11.8 Å². The van der Waals surface area contributed by atoms with E-state index in [4.69, 9.17) is 10.8 Å². The first-order chi connectivity index (χ1) is 31.5. The highest BCUT2D eigenvalue weighted by Crippen LogP contribution is 2.49. The minimum atomic E-state index is -5.44. The maximum absolute atomic E-state index is 12.6. The number of phenolic OH excluding ortho intramolecular Hbond substituents is 1. The van der Waals surface area contributed by atoms with E-state index < -0.39 is 115 Å². The van der Waals surface area contributed by atoms with E-state index in [1.54, 1.807) is 0 Å². The Kier molecular flexibility index (Phi) is 15.0. The monoisotopic (exact) mass is 965 g/mol. The maximum Gasteiger partial charge on any atom is 0.303 e. The van der Waals surface area contributed by atoms with Crippen LogP contribution in [0.2, 0.25) is 0 Å². The fraction of sp³-hybridized carbons (Fsp3) is 0.135. The van der Waals surface area contributed by atoms with Crippen molar-refractivity contribution < 1.29 is 69.9 Å². The second-order valence-corrected chi connectivity index (χ2v) is 16.2. The number of carbonyl (C=O) groups excluding carboxylic acids is 3. The molecule has 0 spiro atoms. The van der Waals surface area contributed by atoms with Crippen molar-refractivity contribution in [2.24, 2.45) is 30.7 Å². The van der Waals surface area contributed by atoms with Crippen LogP contribution in [-0.4, -0.2) is 76.9 Å². The molecule has 0 aliphatic rings. The van der Waals surface area contributed by atoms with Crippen molar-refractivity contribution in [3.05, 3.63) is 92.5 Å². The van der Waals surface area contributed by atoms with Gasteiger partial charge in [0.05, 0.1) is 51.7 Å². The number of nitrogens with two attached hydrogens (primary N) is 1. The van der Waals surface area contributed by atoms with Gasteiger partial charge in [0, 0.05) is 35.3 Å². The number of anilines is 3. The molecule has 0 radical (unpaired) electrons. The number of azo groups is 3. The molecule has 30 heteroatoms. The highest BCUT2D eigenvalue weighted by Gasteiger charge is 2.29. The number of rotatable bonds is 19. The third-order valence-electron chi connectivity index (χ3n) is 8.84. The van der Waals surface area contributed by atoms with E-state index in [0.717, 1.165) is 24.3 Å². The van der Waals surface area contributed by atoms with E-state index in [-0.39, 0.29) is 54.4 Å². The predicted octanol–water partition coefficient (Wildman–Crippen LogP) is 7.30. The Morgan fingerprint density at radius 2 is 1.24 bits per heavy atom. The molecule has 28 nitrogen and oxygen atoms in total. The summed E-state index contributed by atoms with van der Waals surface area (Å²) in [6.07, 6.45) is -1.13. The van der Waals surface area contributed by atoms with Crippen molar-refractivity contribution in [2.45, 2.75) is 36.0 Å². The molecule has 0 heterocycles. The molecule has 0 bridgehead atoms. The molecule has 5 aromatic carbocycles. The summed E-state index contributed by atoms with van der Waals surface area (Å²) in [6.45, 7) is 1.36. The molecule has 0 unspecified atom stereocenters. The molecule has 0 aliphatic heterocycles. The Morgan fingerprint density at radius 3 is 1.76 bits per heavy atom. The lowest BCUT2D eigenvalue weighted by Crippen LogP contribution is -2.14.